The third kappa shape index (κ3) is 2.98. The summed E-state index contributed by atoms with van der Waals surface area (Å²) in [5.41, 5.74) is 5.69. The Morgan fingerprint density at radius 1 is 1.10 bits per heavy atom. The first-order valence-electron chi connectivity index (χ1n) is 8.54. The molecule has 0 aliphatic carbocycles. The summed E-state index contributed by atoms with van der Waals surface area (Å²) in [6, 6.07) is 2.40. The molecule has 2 rings (SSSR count). The molecule has 1 unspecified atom stereocenters. The Balaban J connectivity index is 2.72. The zero-order valence-corrected chi connectivity index (χ0v) is 15.1. The van der Waals surface area contributed by atoms with Gasteiger partial charge in [-0.3, -0.25) is 0 Å². The van der Waals surface area contributed by atoms with Gasteiger partial charge in [0, 0.05) is 5.56 Å². The van der Waals surface area contributed by atoms with Gasteiger partial charge in [-0.1, -0.05) is 40.7 Å². The minimum atomic E-state index is 0.299. The number of rotatable bonds is 2. The first kappa shape index (κ1) is 16.4. The van der Waals surface area contributed by atoms with Crippen LogP contribution in [0.3, 0.4) is 0 Å². The van der Waals surface area contributed by atoms with E-state index in [1.54, 1.807) is 0 Å². The highest BCUT2D eigenvalue weighted by Gasteiger charge is 2.33. The Bertz CT molecular complexity index is 513. The maximum absolute atomic E-state index is 6.45. The van der Waals surface area contributed by atoms with Crippen molar-refractivity contribution in [2.75, 3.05) is 0 Å². The molecule has 118 valence electrons. The van der Waals surface area contributed by atoms with E-state index in [1.165, 1.54) is 34.4 Å². The van der Waals surface area contributed by atoms with Crippen LogP contribution in [-0.2, 0) is 0 Å². The average molecular weight is 288 g/mol. The van der Waals surface area contributed by atoms with E-state index in [-0.39, 0.29) is 0 Å². The minimum absolute atomic E-state index is 0.299. The maximum atomic E-state index is 6.45. The van der Waals surface area contributed by atoms with Gasteiger partial charge >= 0.3 is 0 Å². The van der Waals surface area contributed by atoms with Crippen LogP contribution in [0, 0.1) is 25.7 Å². The van der Waals surface area contributed by atoms with Crippen LogP contribution in [0.2, 0.25) is 0 Å². The van der Waals surface area contributed by atoms with E-state index in [4.69, 9.17) is 4.74 Å². The van der Waals surface area contributed by atoms with Crippen LogP contribution < -0.4 is 4.74 Å². The Kier molecular flexibility index (Phi) is 4.70. The van der Waals surface area contributed by atoms with Gasteiger partial charge in [0.25, 0.3) is 0 Å². The summed E-state index contributed by atoms with van der Waals surface area (Å²) in [5, 5.41) is 0. The van der Waals surface area contributed by atoms with E-state index in [0.29, 0.717) is 29.8 Å². The van der Waals surface area contributed by atoms with Crippen molar-refractivity contribution in [2.45, 2.75) is 79.8 Å². The van der Waals surface area contributed by atoms with Crippen LogP contribution in [0.4, 0.5) is 0 Å². The molecule has 1 aliphatic heterocycles. The number of hydrogen-bond donors (Lipinski definition) is 0. The number of benzene rings is 1. The minimum Gasteiger partial charge on any atom is -0.490 e. The lowest BCUT2D eigenvalue weighted by atomic mass is 9.76. The van der Waals surface area contributed by atoms with Crippen molar-refractivity contribution in [3.8, 4) is 5.75 Å². The molecule has 1 heteroatoms. The molecule has 3 atom stereocenters. The van der Waals surface area contributed by atoms with E-state index in [1.807, 2.05) is 0 Å². The van der Waals surface area contributed by atoms with Gasteiger partial charge in [0.2, 0.25) is 0 Å². The van der Waals surface area contributed by atoms with E-state index < -0.39 is 0 Å². The Morgan fingerprint density at radius 3 is 2.24 bits per heavy atom. The van der Waals surface area contributed by atoms with Gasteiger partial charge in [0.05, 0.1) is 6.10 Å². The molecule has 0 aromatic heterocycles. The van der Waals surface area contributed by atoms with Gasteiger partial charge < -0.3 is 4.74 Å². The predicted octanol–water partition coefficient (Wildman–Crippen LogP) is 5.97. The van der Waals surface area contributed by atoms with Crippen molar-refractivity contribution in [1.82, 2.24) is 0 Å². The lowest BCUT2D eigenvalue weighted by Gasteiger charge is -2.27. The molecule has 0 saturated heterocycles. The van der Waals surface area contributed by atoms with Gasteiger partial charge in [-0.15, -0.1) is 0 Å². The van der Waals surface area contributed by atoms with Gasteiger partial charge in [-0.05, 0) is 67.6 Å². The molecule has 0 spiro atoms. The van der Waals surface area contributed by atoms with Crippen molar-refractivity contribution in [2.24, 2.45) is 11.8 Å². The molecule has 1 aromatic carbocycles. The molecule has 0 bridgehead atoms. The van der Waals surface area contributed by atoms with Crippen LogP contribution in [0.5, 0.6) is 5.75 Å². The fraction of sp³-hybridized carbons (Fsp3) is 0.700. The second kappa shape index (κ2) is 6.02. The topological polar surface area (TPSA) is 9.23 Å². The monoisotopic (exact) mass is 288 g/mol. The van der Waals surface area contributed by atoms with Crippen molar-refractivity contribution < 1.29 is 4.74 Å². The summed E-state index contributed by atoms with van der Waals surface area (Å²) in [5.74, 6) is 3.60. The summed E-state index contributed by atoms with van der Waals surface area (Å²) in [7, 11) is 0. The maximum Gasteiger partial charge on any atom is 0.126 e. The fourth-order valence-electron chi connectivity index (χ4n) is 3.56. The zero-order valence-electron chi connectivity index (χ0n) is 15.1. The Hall–Kier alpha value is -0.980. The molecule has 0 N–H and O–H groups in total. The van der Waals surface area contributed by atoms with Crippen LogP contribution >= 0.6 is 0 Å². The van der Waals surface area contributed by atoms with E-state index >= 15 is 0 Å². The molecular formula is C20H32O. The molecule has 21 heavy (non-hydrogen) atoms. The van der Waals surface area contributed by atoms with Gasteiger partial charge in [0.1, 0.15) is 5.75 Å². The molecular weight excluding hydrogens is 256 g/mol. The van der Waals surface area contributed by atoms with Crippen LogP contribution in [0.25, 0.3) is 0 Å². The zero-order chi connectivity index (χ0) is 15.9. The van der Waals surface area contributed by atoms with Crippen molar-refractivity contribution in [1.29, 1.82) is 0 Å². The quantitative estimate of drug-likeness (QED) is 0.651. The second-order valence-corrected chi connectivity index (χ2v) is 7.69. The SMILES string of the molecule is Cc1cc(C(C)C)c2c(c1C)O[C@H](C)[C@H](C)CC2C(C)C. The van der Waals surface area contributed by atoms with Gasteiger partial charge in [-0.25, -0.2) is 0 Å². The van der Waals surface area contributed by atoms with Crippen molar-refractivity contribution >= 4 is 0 Å². The smallest absolute Gasteiger partial charge is 0.126 e. The lowest BCUT2D eigenvalue weighted by Crippen LogP contribution is -2.20. The standard InChI is InChI=1S/C20H32O/c1-11(2)17-9-13(5)15(7)20-19(17)18(12(3)4)10-14(6)16(8)21-20/h9,11-12,14,16,18H,10H2,1-8H3/t14-,16-,18?/m1/s1. The van der Waals surface area contributed by atoms with Gasteiger partial charge in [0.15, 0.2) is 0 Å². The lowest BCUT2D eigenvalue weighted by molar-refractivity contribution is 0.159. The summed E-state index contributed by atoms with van der Waals surface area (Å²) < 4.78 is 6.45. The molecule has 0 fully saturated rings. The second-order valence-electron chi connectivity index (χ2n) is 7.69. The first-order valence-corrected chi connectivity index (χ1v) is 8.54. The molecule has 1 aliphatic rings. The summed E-state index contributed by atoms with van der Waals surface area (Å²) in [6.07, 6.45) is 1.53. The molecule has 0 amide bonds. The first-order chi connectivity index (χ1) is 9.73. The summed E-state index contributed by atoms with van der Waals surface area (Å²) in [4.78, 5) is 0. The summed E-state index contributed by atoms with van der Waals surface area (Å²) in [6.45, 7) is 18.3. The highest BCUT2D eigenvalue weighted by molar-refractivity contribution is 5.53. The Morgan fingerprint density at radius 2 is 1.71 bits per heavy atom. The average Bonchev–Trinajstić information content (AvgIpc) is 2.52. The molecule has 1 aromatic rings. The van der Waals surface area contributed by atoms with E-state index in [2.05, 4.69) is 61.5 Å². The molecule has 1 heterocycles. The van der Waals surface area contributed by atoms with Crippen LogP contribution in [0.15, 0.2) is 6.07 Å². The number of ether oxygens (including phenoxy) is 1. The largest absolute Gasteiger partial charge is 0.490 e. The third-order valence-electron chi connectivity index (χ3n) is 5.39. The molecule has 0 saturated carbocycles. The highest BCUT2D eigenvalue weighted by atomic mass is 16.5. The molecule has 1 nitrogen and oxygen atoms in total. The van der Waals surface area contributed by atoms with Gasteiger partial charge in [-0.2, -0.15) is 0 Å². The third-order valence-corrected chi connectivity index (χ3v) is 5.39. The van der Waals surface area contributed by atoms with E-state index in [0.717, 1.165) is 0 Å². The normalized spacial score (nSPS) is 25.7. The van der Waals surface area contributed by atoms with Crippen LogP contribution in [0.1, 0.15) is 82.1 Å². The Labute approximate surface area is 131 Å². The number of hydrogen-bond acceptors (Lipinski definition) is 1. The van der Waals surface area contributed by atoms with Crippen LogP contribution in [-0.4, -0.2) is 6.10 Å². The number of fused-ring (bicyclic) bond motifs is 1. The fourth-order valence-corrected chi connectivity index (χ4v) is 3.56. The van der Waals surface area contributed by atoms with Crippen molar-refractivity contribution in [3.05, 3.63) is 28.3 Å². The summed E-state index contributed by atoms with van der Waals surface area (Å²) >= 11 is 0. The van der Waals surface area contributed by atoms with E-state index in [9.17, 15) is 0 Å². The predicted molar refractivity (Wildman–Crippen MR) is 91.5 cm³/mol. The highest BCUT2D eigenvalue weighted by Crippen LogP contribution is 2.47. The molecule has 0 radical (unpaired) electrons. The number of aryl methyl sites for hydroxylation is 1. The van der Waals surface area contributed by atoms with Crippen molar-refractivity contribution in [3.63, 3.8) is 0 Å².